The average Bonchev–Trinajstić information content (AvgIpc) is 2.64. The van der Waals surface area contributed by atoms with Crippen molar-refractivity contribution < 1.29 is 19.1 Å². The number of carbonyl (C=O) groups is 3. The summed E-state index contributed by atoms with van der Waals surface area (Å²) in [5, 5.41) is 5.33. The number of carbonyl (C=O) groups excluding carboxylic acids is 3. The molecule has 150 valence electrons. The van der Waals surface area contributed by atoms with E-state index in [0.717, 1.165) is 37.0 Å². The van der Waals surface area contributed by atoms with Crippen LogP contribution in [0.1, 0.15) is 44.9 Å². The highest BCUT2D eigenvalue weighted by atomic mass is 16.5. The third-order valence-corrected chi connectivity index (χ3v) is 6.55. The zero-order chi connectivity index (χ0) is 19.6. The van der Waals surface area contributed by atoms with Crippen LogP contribution in [0.25, 0.3) is 0 Å². The minimum atomic E-state index is -0.595. The first-order valence-corrected chi connectivity index (χ1v) is 10.3. The lowest BCUT2D eigenvalue weighted by atomic mass is 9.49. The third kappa shape index (κ3) is 4.54. The molecule has 1 aromatic carbocycles. The molecule has 6 nitrogen and oxygen atoms in total. The normalized spacial score (nSPS) is 29.9. The summed E-state index contributed by atoms with van der Waals surface area (Å²) in [6, 6.07) is 8.97. The van der Waals surface area contributed by atoms with Crippen molar-refractivity contribution in [2.45, 2.75) is 44.9 Å². The van der Waals surface area contributed by atoms with Gasteiger partial charge in [-0.15, -0.1) is 0 Å². The molecule has 4 aliphatic carbocycles. The average molecular weight is 384 g/mol. The Labute approximate surface area is 165 Å². The van der Waals surface area contributed by atoms with Crippen molar-refractivity contribution in [3.63, 3.8) is 0 Å². The highest BCUT2D eigenvalue weighted by molar-refractivity contribution is 5.93. The van der Waals surface area contributed by atoms with Gasteiger partial charge in [0.15, 0.2) is 6.61 Å². The molecule has 6 heteroatoms. The Balaban J connectivity index is 1.17. The number of hydrogen-bond acceptors (Lipinski definition) is 4. The predicted octanol–water partition coefficient (Wildman–Crippen LogP) is 2.89. The van der Waals surface area contributed by atoms with Crippen LogP contribution in [0.2, 0.25) is 0 Å². The van der Waals surface area contributed by atoms with Crippen molar-refractivity contribution >= 4 is 23.5 Å². The molecular formula is C22H28N2O4. The van der Waals surface area contributed by atoms with Crippen LogP contribution >= 0.6 is 0 Å². The van der Waals surface area contributed by atoms with Crippen molar-refractivity contribution in [3.8, 4) is 0 Å². The molecule has 4 fully saturated rings. The van der Waals surface area contributed by atoms with Crippen molar-refractivity contribution in [1.29, 1.82) is 0 Å². The molecule has 0 spiro atoms. The molecular weight excluding hydrogens is 356 g/mol. The number of para-hydroxylation sites is 1. The van der Waals surface area contributed by atoms with Crippen molar-refractivity contribution in [1.82, 2.24) is 5.32 Å². The standard InChI is InChI=1S/C22H28N2O4/c25-19(12-22-9-15-6-16(10-22)8-17(7-15)11-22)23-13-21(27)28-14-20(26)24-18-4-2-1-3-5-18/h1-5,15-17H,6-14H2,(H,23,25)(H,24,26). The van der Waals surface area contributed by atoms with Crippen molar-refractivity contribution in [3.05, 3.63) is 30.3 Å². The number of amides is 2. The van der Waals surface area contributed by atoms with Gasteiger partial charge in [-0.2, -0.15) is 0 Å². The van der Waals surface area contributed by atoms with Gasteiger partial charge in [0.05, 0.1) is 0 Å². The second kappa shape index (κ2) is 7.94. The Bertz CT molecular complexity index is 711. The van der Waals surface area contributed by atoms with E-state index in [2.05, 4.69) is 10.6 Å². The highest BCUT2D eigenvalue weighted by Gasteiger charge is 2.51. The summed E-state index contributed by atoms with van der Waals surface area (Å²) >= 11 is 0. The summed E-state index contributed by atoms with van der Waals surface area (Å²) < 4.78 is 4.95. The summed E-state index contributed by atoms with van der Waals surface area (Å²) in [5.74, 6) is 1.32. The fraction of sp³-hybridized carbons (Fsp3) is 0.591. The lowest BCUT2D eigenvalue weighted by molar-refractivity contribution is -0.147. The van der Waals surface area contributed by atoms with Gasteiger partial charge in [-0.25, -0.2) is 0 Å². The molecule has 0 heterocycles. The van der Waals surface area contributed by atoms with Gasteiger partial charge in [-0.1, -0.05) is 18.2 Å². The summed E-state index contributed by atoms with van der Waals surface area (Å²) in [4.78, 5) is 36.1. The van der Waals surface area contributed by atoms with E-state index in [1.165, 1.54) is 19.3 Å². The maximum Gasteiger partial charge on any atom is 0.325 e. The number of rotatable bonds is 7. The molecule has 1 aromatic rings. The van der Waals surface area contributed by atoms with E-state index < -0.39 is 11.9 Å². The maximum atomic E-state index is 12.4. The number of hydrogen-bond donors (Lipinski definition) is 2. The van der Waals surface area contributed by atoms with Crippen LogP contribution in [0.5, 0.6) is 0 Å². The molecule has 0 atom stereocenters. The summed E-state index contributed by atoms with van der Waals surface area (Å²) in [6.07, 6.45) is 8.04. The minimum absolute atomic E-state index is 0.0763. The lowest BCUT2D eigenvalue weighted by Crippen LogP contribution is -2.48. The smallest absolute Gasteiger partial charge is 0.325 e. The molecule has 5 rings (SSSR count). The summed E-state index contributed by atoms with van der Waals surface area (Å²) in [7, 11) is 0. The second-order valence-corrected chi connectivity index (χ2v) is 8.95. The van der Waals surface area contributed by atoms with E-state index in [0.29, 0.717) is 12.1 Å². The topological polar surface area (TPSA) is 84.5 Å². The molecule has 0 unspecified atom stereocenters. The molecule has 0 aromatic heterocycles. The molecule has 2 amide bonds. The number of nitrogens with one attached hydrogen (secondary N) is 2. The van der Waals surface area contributed by atoms with Crippen LogP contribution in [0.15, 0.2) is 30.3 Å². The third-order valence-electron chi connectivity index (χ3n) is 6.55. The van der Waals surface area contributed by atoms with E-state index in [4.69, 9.17) is 4.74 Å². The monoisotopic (exact) mass is 384 g/mol. The van der Waals surface area contributed by atoms with Crippen molar-refractivity contribution in [2.24, 2.45) is 23.2 Å². The van der Waals surface area contributed by atoms with Crippen LogP contribution < -0.4 is 10.6 Å². The van der Waals surface area contributed by atoms with Gasteiger partial charge in [0.1, 0.15) is 6.54 Å². The van der Waals surface area contributed by atoms with E-state index in [1.807, 2.05) is 6.07 Å². The SMILES string of the molecule is O=C(CC12CC3CC(CC(C3)C1)C2)NCC(=O)OCC(=O)Nc1ccccc1. The first-order chi connectivity index (χ1) is 13.5. The fourth-order valence-electron chi connectivity index (χ4n) is 6.00. The Hall–Kier alpha value is -2.37. The number of benzene rings is 1. The Morgan fingerprint density at radius 1 is 0.929 bits per heavy atom. The van der Waals surface area contributed by atoms with Gasteiger partial charge in [0.2, 0.25) is 5.91 Å². The molecule has 4 aliphatic rings. The molecule has 0 aliphatic heterocycles. The minimum Gasteiger partial charge on any atom is -0.454 e. The van der Waals surface area contributed by atoms with Gasteiger partial charge in [-0.05, 0) is 73.8 Å². The van der Waals surface area contributed by atoms with E-state index in [-0.39, 0.29) is 24.5 Å². The summed E-state index contributed by atoms with van der Waals surface area (Å²) in [6.45, 7) is -0.553. The Morgan fingerprint density at radius 3 is 2.14 bits per heavy atom. The number of esters is 1. The van der Waals surface area contributed by atoms with Gasteiger partial charge < -0.3 is 15.4 Å². The Kier molecular flexibility index (Phi) is 5.38. The highest BCUT2D eigenvalue weighted by Crippen LogP contribution is 2.61. The molecule has 4 bridgehead atoms. The van der Waals surface area contributed by atoms with Crippen LogP contribution in [-0.4, -0.2) is 30.9 Å². The molecule has 28 heavy (non-hydrogen) atoms. The van der Waals surface area contributed by atoms with Crippen LogP contribution in [0.4, 0.5) is 5.69 Å². The van der Waals surface area contributed by atoms with Crippen molar-refractivity contribution in [2.75, 3.05) is 18.5 Å². The predicted molar refractivity (Wildman–Crippen MR) is 104 cm³/mol. The second-order valence-electron chi connectivity index (χ2n) is 8.95. The van der Waals surface area contributed by atoms with Crippen LogP contribution in [-0.2, 0) is 19.1 Å². The summed E-state index contributed by atoms with van der Waals surface area (Å²) in [5.41, 5.74) is 0.797. The Morgan fingerprint density at radius 2 is 1.54 bits per heavy atom. The van der Waals surface area contributed by atoms with E-state index in [1.54, 1.807) is 24.3 Å². The van der Waals surface area contributed by atoms with Gasteiger partial charge in [-0.3, -0.25) is 14.4 Å². The van der Waals surface area contributed by atoms with Crippen LogP contribution in [0.3, 0.4) is 0 Å². The quantitative estimate of drug-likeness (QED) is 0.708. The van der Waals surface area contributed by atoms with Gasteiger partial charge in [0, 0.05) is 12.1 Å². The van der Waals surface area contributed by atoms with E-state index in [9.17, 15) is 14.4 Å². The lowest BCUT2D eigenvalue weighted by Gasteiger charge is -2.56. The molecule has 0 saturated heterocycles. The first-order valence-electron chi connectivity index (χ1n) is 10.3. The number of anilines is 1. The first kappa shape index (κ1) is 19.0. The zero-order valence-corrected chi connectivity index (χ0v) is 16.1. The zero-order valence-electron chi connectivity index (χ0n) is 16.1. The van der Waals surface area contributed by atoms with Gasteiger partial charge in [0.25, 0.3) is 5.91 Å². The molecule has 0 radical (unpaired) electrons. The van der Waals surface area contributed by atoms with Gasteiger partial charge >= 0.3 is 5.97 Å². The van der Waals surface area contributed by atoms with E-state index >= 15 is 0 Å². The van der Waals surface area contributed by atoms with Crippen LogP contribution in [0, 0.1) is 23.2 Å². The number of ether oxygens (including phenoxy) is 1. The maximum absolute atomic E-state index is 12.4. The largest absolute Gasteiger partial charge is 0.454 e. The molecule has 4 saturated carbocycles. The fourth-order valence-corrected chi connectivity index (χ4v) is 6.00. The molecule has 2 N–H and O–H groups in total.